The van der Waals surface area contributed by atoms with Crippen LogP contribution in [0.25, 0.3) is 0 Å². The SMILES string of the molecule is COCC(N)C(=O)N1CCC(NS(=O)(=O)c2cccs2)CC1.Cl. The van der Waals surface area contributed by atoms with Crippen LogP contribution >= 0.6 is 23.7 Å². The highest BCUT2D eigenvalue weighted by Gasteiger charge is 2.29. The number of sulfonamides is 1. The third kappa shape index (κ3) is 5.40. The van der Waals surface area contributed by atoms with Gasteiger partial charge in [0.2, 0.25) is 15.9 Å². The number of thiophene rings is 1. The molecule has 0 spiro atoms. The van der Waals surface area contributed by atoms with Gasteiger partial charge in [-0.3, -0.25) is 4.79 Å². The molecule has 0 aliphatic carbocycles. The van der Waals surface area contributed by atoms with Crippen molar-refractivity contribution in [3.05, 3.63) is 17.5 Å². The predicted octanol–water partition coefficient (Wildman–Crippen LogP) is 0.413. The van der Waals surface area contributed by atoms with Gasteiger partial charge in [0.1, 0.15) is 10.3 Å². The average molecular weight is 384 g/mol. The lowest BCUT2D eigenvalue weighted by Gasteiger charge is -2.33. The van der Waals surface area contributed by atoms with E-state index < -0.39 is 16.1 Å². The Kier molecular flexibility index (Phi) is 7.91. The number of methoxy groups -OCH3 is 1. The molecule has 132 valence electrons. The summed E-state index contributed by atoms with van der Waals surface area (Å²) in [6.07, 6.45) is 1.16. The summed E-state index contributed by atoms with van der Waals surface area (Å²) >= 11 is 1.19. The Labute approximate surface area is 146 Å². The molecule has 23 heavy (non-hydrogen) atoms. The van der Waals surface area contributed by atoms with E-state index in [2.05, 4.69) is 4.72 Å². The molecular formula is C13H22ClN3O4S2. The summed E-state index contributed by atoms with van der Waals surface area (Å²) in [5.41, 5.74) is 5.73. The van der Waals surface area contributed by atoms with Crippen molar-refractivity contribution in [1.82, 2.24) is 9.62 Å². The van der Waals surface area contributed by atoms with E-state index in [1.165, 1.54) is 18.4 Å². The molecule has 1 fully saturated rings. The number of piperidine rings is 1. The highest BCUT2D eigenvalue weighted by molar-refractivity contribution is 7.91. The van der Waals surface area contributed by atoms with Gasteiger partial charge in [-0.05, 0) is 24.3 Å². The Hall–Kier alpha value is -0.710. The summed E-state index contributed by atoms with van der Waals surface area (Å²) < 4.78 is 32.2. The van der Waals surface area contributed by atoms with E-state index in [0.29, 0.717) is 30.1 Å². The molecule has 1 aromatic rings. The van der Waals surface area contributed by atoms with Gasteiger partial charge in [-0.2, -0.15) is 0 Å². The number of halogens is 1. The number of carbonyl (C=O) groups excluding carboxylic acids is 1. The summed E-state index contributed by atoms with van der Waals surface area (Å²) in [7, 11) is -1.96. The lowest BCUT2D eigenvalue weighted by atomic mass is 10.1. The fourth-order valence-electron chi connectivity index (χ4n) is 2.40. The summed E-state index contributed by atoms with van der Waals surface area (Å²) in [6.45, 7) is 1.17. The molecule has 1 unspecified atom stereocenters. The molecule has 10 heteroatoms. The third-order valence-corrected chi connectivity index (χ3v) is 6.47. The maximum Gasteiger partial charge on any atom is 0.250 e. The molecule has 0 bridgehead atoms. The number of likely N-dealkylation sites (tertiary alicyclic amines) is 1. The van der Waals surface area contributed by atoms with E-state index in [9.17, 15) is 13.2 Å². The van der Waals surface area contributed by atoms with Crippen LogP contribution < -0.4 is 10.5 Å². The molecular weight excluding hydrogens is 362 g/mol. The van der Waals surface area contributed by atoms with Crippen molar-refractivity contribution < 1.29 is 17.9 Å². The van der Waals surface area contributed by atoms with Crippen LogP contribution in [0.4, 0.5) is 0 Å². The van der Waals surface area contributed by atoms with Crippen molar-refractivity contribution in [1.29, 1.82) is 0 Å². The van der Waals surface area contributed by atoms with Gasteiger partial charge in [-0.15, -0.1) is 23.7 Å². The first-order chi connectivity index (χ1) is 10.4. The fourth-order valence-corrected chi connectivity index (χ4v) is 4.71. The van der Waals surface area contributed by atoms with Crippen LogP contribution in [0.15, 0.2) is 21.7 Å². The van der Waals surface area contributed by atoms with Crippen LogP contribution in [-0.2, 0) is 19.6 Å². The van der Waals surface area contributed by atoms with Gasteiger partial charge in [-0.1, -0.05) is 6.07 Å². The second-order valence-electron chi connectivity index (χ2n) is 5.21. The Balaban J connectivity index is 0.00000264. The normalized spacial score (nSPS) is 17.6. The molecule has 1 aliphatic heterocycles. The number of amides is 1. The first-order valence-corrected chi connectivity index (χ1v) is 9.39. The Morgan fingerprint density at radius 1 is 1.52 bits per heavy atom. The van der Waals surface area contributed by atoms with Crippen LogP contribution in [0.2, 0.25) is 0 Å². The van der Waals surface area contributed by atoms with Gasteiger partial charge in [0.15, 0.2) is 0 Å². The van der Waals surface area contributed by atoms with E-state index in [1.54, 1.807) is 22.4 Å². The van der Waals surface area contributed by atoms with Crippen molar-refractivity contribution in [2.24, 2.45) is 5.73 Å². The number of rotatable bonds is 6. The molecule has 0 saturated carbocycles. The third-order valence-electron chi connectivity index (χ3n) is 3.55. The van der Waals surface area contributed by atoms with Crippen LogP contribution in [0.1, 0.15) is 12.8 Å². The van der Waals surface area contributed by atoms with Gasteiger partial charge in [-0.25, -0.2) is 13.1 Å². The molecule has 2 heterocycles. The Bertz CT molecular complexity index is 586. The smallest absolute Gasteiger partial charge is 0.250 e. The van der Waals surface area contributed by atoms with Gasteiger partial charge in [0, 0.05) is 26.2 Å². The molecule has 1 aromatic heterocycles. The topological polar surface area (TPSA) is 102 Å². The molecule has 2 rings (SSSR count). The fraction of sp³-hybridized carbons (Fsp3) is 0.615. The van der Waals surface area contributed by atoms with Crippen LogP contribution in [0.3, 0.4) is 0 Å². The highest BCUT2D eigenvalue weighted by Crippen LogP contribution is 2.19. The van der Waals surface area contributed by atoms with Crippen LogP contribution in [0.5, 0.6) is 0 Å². The number of nitrogens with two attached hydrogens (primary N) is 1. The van der Waals surface area contributed by atoms with E-state index in [0.717, 1.165) is 0 Å². The first kappa shape index (κ1) is 20.3. The minimum atomic E-state index is -3.46. The quantitative estimate of drug-likeness (QED) is 0.740. The number of carbonyl (C=O) groups is 1. The minimum Gasteiger partial charge on any atom is -0.383 e. The Morgan fingerprint density at radius 2 is 2.17 bits per heavy atom. The van der Waals surface area contributed by atoms with Gasteiger partial charge < -0.3 is 15.4 Å². The maximum atomic E-state index is 12.2. The standard InChI is InChI=1S/C13H21N3O4S2.ClH/c1-20-9-11(14)13(17)16-6-4-10(5-7-16)15-22(18,19)12-3-2-8-21-12;/h2-3,8,10-11,15H,4-7,9,14H2,1H3;1H. The largest absolute Gasteiger partial charge is 0.383 e. The Morgan fingerprint density at radius 3 is 2.70 bits per heavy atom. The zero-order valence-corrected chi connectivity index (χ0v) is 15.3. The van der Waals surface area contributed by atoms with E-state index in [1.807, 2.05) is 0 Å². The second kappa shape index (κ2) is 8.95. The lowest BCUT2D eigenvalue weighted by Crippen LogP contribution is -2.51. The molecule has 1 aliphatic rings. The molecule has 7 nitrogen and oxygen atoms in total. The van der Waals surface area contributed by atoms with Crippen LogP contribution in [0, 0.1) is 0 Å². The van der Waals surface area contributed by atoms with Crippen molar-refractivity contribution in [3.8, 4) is 0 Å². The predicted molar refractivity (Wildman–Crippen MR) is 91.3 cm³/mol. The molecule has 1 saturated heterocycles. The second-order valence-corrected chi connectivity index (χ2v) is 8.10. The van der Waals surface area contributed by atoms with Crippen molar-refractivity contribution in [2.45, 2.75) is 29.1 Å². The molecule has 0 radical (unpaired) electrons. The summed E-state index contributed by atoms with van der Waals surface area (Å²) in [6, 6.07) is 2.46. The molecule has 0 aromatic carbocycles. The number of nitrogens with zero attached hydrogens (tertiary/aromatic N) is 1. The zero-order valence-electron chi connectivity index (χ0n) is 12.8. The van der Waals surface area contributed by atoms with Gasteiger partial charge in [0.25, 0.3) is 0 Å². The number of hydrogen-bond donors (Lipinski definition) is 2. The van der Waals surface area contributed by atoms with Crippen molar-refractivity contribution in [3.63, 3.8) is 0 Å². The monoisotopic (exact) mass is 383 g/mol. The lowest BCUT2D eigenvalue weighted by molar-refractivity contribution is -0.134. The highest BCUT2D eigenvalue weighted by atomic mass is 35.5. The van der Waals surface area contributed by atoms with Gasteiger partial charge >= 0.3 is 0 Å². The van der Waals surface area contributed by atoms with Crippen molar-refractivity contribution >= 4 is 39.7 Å². The van der Waals surface area contributed by atoms with Crippen LogP contribution in [-0.4, -0.2) is 58.1 Å². The summed E-state index contributed by atoms with van der Waals surface area (Å²) in [5.74, 6) is -0.151. The number of ether oxygens (including phenoxy) is 1. The zero-order chi connectivity index (χ0) is 16.2. The number of hydrogen-bond acceptors (Lipinski definition) is 6. The average Bonchev–Trinajstić information content (AvgIpc) is 3.02. The van der Waals surface area contributed by atoms with Crippen molar-refractivity contribution in [2.75, 3.05) is 26.8 Å². The van der Waals surface area contributed by atoms with E-state index in [-0.39, 0.29) is 31.0 Å². The van der Waals surface area contributed by atoms with E-state index in [4.69, 9.17) is 10.5 Å². The van der Waals surface area contributed by atoms with Gasteiger partial charge in [0.05, 0.1) is 6.61 Å². The molecule has 1 atom stereocenters. The summed E-state index contributed by atoms with van der Waals surface area (Å²) in [5, 5.41) is 1.73. The summed E-state index contributed by atoms with van der Waals surface area (Å²) in [4.78, 5) is 13.7. The molecule has 1 amide bonds. The number of nitrogens with one attached hydrogen (secondary N) is 1. The first-order valence-electron chi connectivity index (χ1n) is 7.03. The molecule has 3 N–H and O–H groups in total. The minimum absolute atomic E-state index is 0. The van der Waals surface area contributed by atoms with E-state index >= 15 is 0 Å². The maximum absolute atomic E-state index is 12.2.